The second-order valence-electron chi connectivity index (χ2n) is 7.65. The first-order valence-electron chi connectivity index (χ1n) is 10.6. The topological polar surface area (TPSA) is 19.4 Å². The van der Waals surface area contributed by atoms with Crippen LogP contribution in [0.4, 0.5) is 0 Å². The lowest BCUT2D eigenvalue weighted by Gasteiger charge is -2.22. The summed E-state index contributed by atoms with van der Waals surface area (Å²) in [6.45, 7) is 4.64. The predicted molar refractivity (Wildman–Crippen MR) is 120 cm³/mol. The molecule has 1 aliphatic heterocycles. The summed E-state index contributed by atoms with van der Waals surface area (Å²) in [5.41, 5.74) is 2.02. The zero-order chi connectivity index (χ0) is 19.8. The van der Waals surface area contributed by atoms with E-state index in [-0.39, 0.29) is 0 Å². The van der Waals surface area contributed by atoms with Crippen molar-refractivity contribution in [2.45, 2.75) is 64.8 Å². The van der Waals surface area contributed by atoms with Crippen molar-refractivity contribution in [2.75, 3.05) is 13.2 Å². The summed E-state index contributed by atoms with van der Waals surface area (Å²) >= 11 is 13.0. The maximum atomic E-state index is 6.51. The summed E-state index contributed by atoms with van der Waals surface area (Å²) in [6, 6.07) is 12.4. The van der Waals surface area contributed by atoms with Crippen LogP contribution in [0, 0.1) is 0 Å². The van der Waals surface area contributed by atoms with E-state index in [0.29, 0.717) is 16.9 Å². The van der Waals surface area contributed by atoms with Crippen LogP contribution in [0.25, 0.3) is 10.9 Å². The van der Waals surface area contributed by atoms with Crippen molar-refractivity contribution in [3.05, 3.63) is 52.4 Å². The van der Waals surface area contributed by atoms with Crippen LogP contribution in [0.5, 0.6) is 0 Å². The Bertz CT molecular complexity index is 790. The Hall–Kier alpha value is -1.45. The minimum atomic E-state index is 0.635. The van der Waals surface area contributed by atoms with E-state index in [1.807, 2.05) is 18.2 Å². The van der Waals surface area contributed by atoms with Crippen LogP contribution < -0.4 is 0 Å². The highest BCUT2D eigenvalue weighted by Gasteiger charge is 2.26. The third-order valence-corrected chi connectivity index (χ3v) is 6.29. The van der Waals surface area contributed by atoms with Crippen molar-refractivity contribution < 1.29 is 0 Å². The normalized spacial score (nSPS) is 14.5. The Morgan fingerprint density at radius 3 is 2.29 bits per heavy atom. The fourth-order valence-corrected chi connectivity index (χ4v) is 4.20. The molecular formula is C23H31Cl2N3. The van der Waals surface area contributed by atoms with Gasteiger partial charge in [-0.3, -0.25) is 4.98 Å². The maximum absolute atomic E-state index is 6.51. The van der Waals surface area contributed by atoms with Gasteiger partial charge >= 0.3 is 0 Å². The molecule has 0 N–H and O–H groups in total. The first kappa shape index (κ1) is 21.3. The summed E-state index contributed by atoms with van der Waals surface area (Å²) < 4.78 is 0. The molecule has 0 spiro atoms. The van der Waals surface area contributed by atoms with E-state index in [4.69, 9.17) is 28.2 Å². The molecule has 3 nitrogen and oxygen atoms in total. The highest BCUT2D eigenvalue weighted by atomic mass is 35.5. The van der Waals surface area contributed by atoms with E-state index >= 15 is 0 Å². The SMILES string of the molecule is CCCCCCCCCCN1CN(Cc2ccc3ccccc3n2)C(Cl)=C1Cl. The molecule has 5 heteroatoms. The molecule has 0 fully saturated rings. The molecule has 0 bridgehead atoms. The summed E-state index contributed by atoms with van der Waals surface area (Å²) in [4.78, 5) is 9.04. The minimum absolute atomic E-state index is 0.635. The van der Waals surface area contributed by atoms with Crippen LogP contribution in [-0.2, 0) is 6.54 Å². The molecule has 1 aromatic carbocycles. The number of hydrogen-bond donors (Lipinski definition) is 0. The molecule has 2 aromatic rings. The molecule has 2 heterocycles. The molecule has 0 saturated carbocycles. The standard InChI is InChI=1S/C23H31Cl2N3/c1-2-3-4-5-6-7-8-11-16-27-18-28(23(25)22(27)24)17-20-15-14-19-12-9-10-13-21(19)26-20/h9-10,12-15H,2-8,11,16-18H2,1H3. The summed E-state index contributed by atoms with van der Waals surface area (Å²) in [5, 5.41) is 2.46. The van der Waals surface area contributed by atoms with E-state index < -0.39 is 0 Å². The highest BCUT2D eigenvalue weighted by Crippen LogP contribution is 2.31. The third-order valence-electron chi connectivity index (χ3n) is 5.36. The van der Waals surface area contributed by atoms with Crippen molar-refractivity contribution >= 4 is 34.1 Å². The summed E-state index contributed by atoms with van der Waals surface area (Å²) in [5.74, 6) is 0. The van der Waals surface area contributed by atoms with Crippen molar-refractivity contribution in [2.24, 2.45) is 0 Å². The fraction of sp³-hybridized carbons (Fsp3) is 0.522. The molecule has 3 rings (SSSR count). The molecule has 0 amide bonds. The number of pyridine rings is 1. The van der Waals surface area contributed by atoms with Gasteiger partial charge in [0.2, 0.25) is 0 Å². The fourth-order valence-electron chi connectivity index (χ4n) is 3.71. The van der Waals surface area contributed by atoms with Crippen LogP contribution in [0.3, 0.4) is 0 Å². The Labute approximate surface area is 179 Å². The van der Waals surface area contributed by atoms with E-state index in [0.717, 1.165) is 36.2 Å². The Morgan fingerprint density at radius 1 is 0.821 bits per heavy atom. The van der Waals surface area contributed by atoms with Gasteiger partial charge in [0.25, 0.3) is 0 Å². The number of para-hydroxylation sites is 1. The van der Waals surface area contributed by atoms with E-state index in [1.165, 1.54) is 44.9 Å². The molecule has 0 saturated heterocycles. The minimum Gasteiger partial charge on any atom is -0.342 e. The summed E-state index contributed by atoms with van der Waals surface area (Å²) in [6.07, 6.45) is 10.5. The van der Waals surface area contributed by atoms with Gasteiger partial charge in [-0.1, -0.05) is 99.3 Å². The first-order chi connectivity index (χ1) is 13.7. The van der Waals surface area contributed by atoms with Crippen LogP contribution in [0.1, 0.15) is 64.0 Å². The lowest BCUT2D eigenvalue weighted by Crippen LogP contribution is -2.27. The number of halogens is 2. The average Bonchev–Trinajstić information content (AvgIpc) is 2.98. The van der Waals surface area contributed by atoms with E-state index in [9.17, 15) is 0 Å². The van der Waals surface area contributed by atoms with Crippen molar-refractivity contribution in [1.29, 1.82) is 0 Å². The molecule has 0 radical (unpaired) electrons. The van der Waals surface area contributed by atoms with Crippen LogP contribution in [-0.4, -0.2) is 28.0 Å². The average molecular weight is 420 g/mol. The summed E-state index contributed by atoms with van der Waals surface area (Å²) in [7, 11) is 0. The number of aromatic nitrogens is 1. The lowest BCUT2D eigenvalue weighted by molar-refractivity contribution is 0.247. The van der Waals surface area contributed by atoms with Crippen molar-refractivity contribution in [3.63, 3.8) is 0 Å². The van der Waals surface area contributed by atoms with E-state index in [2.05, 4.69) is 34.9 Å². The molecule has 1 aliphatic rings. The van der Waals surface area contributed by atoms with Gasteiger partial charge in [-0.05, 0) is 18.6 Å². The van der Waals surface area contributed by atoms with Gasteiger partial charge in [0.15, 0.2) is 0 Å². The second-order valence-corrected chi connectivity index (χ2v) is 8.37. The molecule has 28 heavy (non-hydrogen) atoms. The van der Waals surface area contributed by atoms with Gasteiger partial charge in [0.05, 0.1) is 24.4 Å². The largest absolute Gasteiger partial charge is 0.342 e. The Kier molecular flexibility index (Phi) is 8.29. The van der Waals surface area contributed by atoms with Gasteiger partial charge in [0.1, 0.15) is 10.3 Å². The number of fused-ring (bicyclic) bond motifs is 1. The number of rotatable bonds is 11. The van der Waals surface area contributed by atoms with Gasteiger partial charge in [-0.25, -0.2) is 0 Å². The smallest absolute Gasteiger partial charge is 0.142 e. The van der Waals surface area contributed by atoms with Crippen molar-refractivity contribution in [1.82, 2.24) is 14.8 Å². The highest BCUT2D eigenvalue weighted by molar-refractivity contribution is 6.38. The zero-order valence-electron chi connectivity index (χ0n) is 16.8. The van der Waals surface area contributed by atoms with Crippen molar-refractivity contribution in [3.8, 4) is 0 Å². The molecule has 0 unspecified atom stereocenters. The molecule has 0 atom stereocenters. The predicted octanol–water partition coefficient (Wildman–Crippen LogP) is 7.05. The van der Waals surface area contributed by atoms with Gasteiger partial charge < -0.3 is 9.80 Å². The second kappa shape index (κ2) is 10.9. The van der Waals surface area contributed by atoms with Crippen LogP contribution >= 0.6 is 23.2 Å². The van der Waals surface area contributed by atoms with Gasteiger partial charge in [0, 0.05) is 11.9 Å². The Morgan fingerprint density at radius 2 is 1.50 bits per heavy atom. The quantitative estimate of drug-likeness (QED) is 0.287. The van der Waals surface area contributed by atoms with Crippen LogP contribution in [0.2, 0.25) is 0 Å². The molecular weight excluding hydrogens is 389 g/mol. The van der Waals surface area contributed by atoms with Gasteiger partial charge in [-0.15, -0.1) is 0 Å². The van der Waals surface area contributed by atoms with Gasteiger partial charge in [-0.2, -0.15) is 0 Å². The lowest BCUT2D eigenvalue weighted by atomic mass is 10.1. The molecule has 1 aromatic heterocycles. The van der Waals surface area contributed by atoms with E-state index in [1.54, 1.807) is 0 Å². The number of unbranched alkanes of at least 4 members (excludes halogenated alkanes) is 7. The van der Waals surface area contributed by atoms with Crippen LogP contribution in [0.15, 0.2) is 46.7 Å². The molecule has 152 valence electrons. The molecule has 0 aliphatic carbocycles. The number of hydrogen-bond acceptors (Lipinski definition) is 3. The maximum Gasteiger partial charge on any atom is 0.142 e. The monoisotopic (exact) mass is 419 g/mol. The Balaban J connectivity index is 1.45. The number of benzene rings is 1. The number of nitrogens with zero attached hydrogens (tertiary/aromatic N) is 3. The first-order valence-corrected chi connectivity index (χ1v) is 11.3. The third kappa shape index (κ3) is 5.78. The zero-order valence-corrected chi connectivity index (χ0v) is 18.4.